The van der Waals surface area contributed by atoms with E-state index in [1.54, 1.807) is 21.3 Å². The van der Waals surface area contributed by atoms with E-state index >= 15 is 0 Å². The second-order valence-corrected chi connectivity index (χ2v) is 7.63. The molecule has 0 bridgehead atoms. The van der Waals surface area contributed by atoms with Crippen LogP contribution in [0.5, 0.6) is 23.0 Å². The Morgan fingerprint density at radius 2 is 1.59 bits per heavy atom. The smallest absolute Gasteiger partial charge is 0.165 e. The molecule has 1 aliphatic heterocycles. The zero-order valence-corrected chi connectivity index (χ0v) is 18.8. The van der Waals surface area contributed by atoms with Crippen molar-refractivity contribution in [3.05, 3.63) is 77.9 Å². The van der Waals surface area contributed by atoms with Crippen molar-refractivity contribution < 1.29 is 18.9 Å². The van der Waals surface area contributed by atoms with Gasteiger partial charge >= 0.3 is 0 Å². The number of rotatable bonds is 7. The number of hydrogen-bond donors (Lipinski definition) is 0. The van der Waals surface area contributed by atoms with Gasteiger partial charge in [0, 0.05) is 25.2 Å². The first-order chi connectivity index (χ1) is 15.7. The number of hydrogen-bond acceptors (Lipinski definition) is 5. The molecular weight excluding hydrogens is 402 g/mol. The molecule has 0 fully saturated rings. The van der Waals surface area contributed by atoms with E-state index in [0.717, 1.165) is 47.8 Å². The van der Waals surface area contributed by atoms with E-state index in [4.69, 9.17) is 18.9 Å². The Balaban J connectivity index is 1.60. The average Bonchev–Trinajstić information content (AvgIpc) is 3.05. The third kappa shape index (κ3) is 4.89. The van der Waals surface area contributed by atoms with Gasteiger partial charge in [0.2, 0.25) is 0 Å². The largest absolute Gasteiger partial charge is 0.493 e. The minimum absolute atomic E-state index is 0.623. The highest BCUT2D eigenvalue weighted by atomic mass is 16.5. The van der Waals surface area contributed by atoms with Crippen LogP contribution >= 0.6 is 0 Å². The van der Waals surface area contributed by atoms with Crippen LogP contribution in [-0.4, -0.2) is 45.9 Å². The van der Waals surface area contributed by atoms with E-state index in [0.29, 0.717) is 18.1 Å². The summed E-state index contributed by atoms with van der Waals surface area (Å²) in [5.41, 5.74) is 4.39. The zero-order valence-electron chi connectivity index (χ0n) is 18.8. The Morgan fingerprint density at radius 1 is 0.844 bits per heavy atom. The molecule has 0 saturated carbocycles. The van der Waals surface area contributed by atoms with E-state index < -0.39 is 0 Å². The van der Waals surface area contributed by atoms with Gasteiger partial charge in [-0.25, -0.2) is 0 Å². The fraction of sp³-hybridized carbons (Fsp3) is 0.259. The normalized spacial score (nSPS) is 13.8. The van der Waals surface area contributed by atoms with Crippen molar-refractivity contribution in [1.29, 1.82) is 0 Å². The van der Waals surface area contributed by atoms with Gasteiger partial charge in [0.25, 0.3) is 0 Å². The molecule has 0 spiro atoms. The van der Waals surface area contributed by atoms with Crippen LogP contribution < -0.4 is 18.9 Å². The van der Waals surface area contributed by atoms with Crippen LogP contribution in [0.4, 0.5) is 0 Å². The van der Waals surface area contributed by atoms with Crippen molar-refractivity contribution in [2.24, 2.45) is 0 Å². The molecule has 32 heavy (non-hydrogen) atoms. The van der Waals surface area contributed by atoms with Crippen molar-refractivity contribution >= 4 is 6.08 Å². The second kappa shape index (κ2) is 10.2. The maximum Gasteiger partial charge on any atom is 0.165 e. The summed E-state index contributed by atoms with van der Waals surface area (Å²) < 4.78 is 22.7. The minimum atomic E-state index is 0.623. The topological polar surface area (TPSA) is 40.2 Å². The van der Waals surface area contributed by atoms with E-state index in [-0.39, 0.29) is 0 Å². The molecule has 0 radical (unpaired) electrons. The van der Waals surface area contributed by atoms with Crippen LogP contribution in [0.3, 0.4) is 0 Å². The summed E-state index contributed by atoms with van der Waals surface area (Å²) in [5, 5.41) is 0. The maximum absolute atomic E-state index is 6.10. The SMILES string of the molecule is COc1ccc(-c2cc3c(c(OC)c2)OCCN(C/C=C/c2ccccc2)C3)cc1OC. The van der Waals surface area contributed by atoms with Crippen LogP contribution in [0, 0.1) is 0 Å². The lowest BCUT2D eigenvalue weighted by atomic mass is 10.0. The molecule has 1 heterocycles. The first-order valence-corrected chi connectivity index (χ1v) is 10.7. The third-order valence-corrected chi connectivity index (χ3v) is 5.59. The first kappa shape index (κ1) is 21.8. The molecule has 0 amide bonds. The molecule has 166 valence electrons. The first-order valence-electron chi connectivity index (χ1n) is 10.7. The molecule has 4 rings (SSSR count). The van der Waals surface area contributed by atoms with E-state index in [1.807, 2.05) is 30.3 Å². The Morgan fingerprint density at radius 3 is 2.34 bits per heavy atom. The van der Waals surface area contributed by atoms with Gasteiger partial charge in [0.1, 0.15) is 6.61 Å². The second-order valence-electron chi connectivity index (χ2n) is 7.63. The highest BCUT2D eigenvalue weighted by Gasteiger charge is 2.20. The van der Waals surface area contributed by atoms with Gasteiger partial charge in [0.05, 0.1) is 21.3 Å². The average molecular weight is 432 g/mol. The van der Waals surface area contributed by atoms with Crippen molar-refractivity contribution in [2.45, 2.75) is 6.54 Å². The fourth-order valence-electron chi connectivity index (χ4n) is 3.93. The van der Waals surface area contributed by atoms with Gasteiger partial charge in [-0.1, -0.05) is 48.6 Å². The quantitative estimate of drug-likeness (QED) is 0.509. The number of ether oxygens (including phenoxy) is 4. The standard InChI is InChI=1S/C27H29NO4/c1-29-24-12-11-21(17-25(24)30-2)22-16-23-19-28(13-7-10-20-8-5-4-6-9-20)14-15-32-27(23)26(18-22)31-3/h4-12,16-18H,13-15,19H2,1-3H3/b10-7+. The summed E-state index contributed by atoms with van der Waals surface area (Å²) in [6.45, 7) is 3.10. The Hall–Kier alpha value is -3.44. The summed E-state index contributed by atoms with van der Waals surface area (Å²) >= 11 is 0. The molecule has 0 saturated heterocycles. The highest BCUT2D eigenvalue weighted by molar-refractivity contribution is 5.71. The van der Waals surface area contributed by atoms with Gasteiger partial charge in [-0.2, -0.15) is 0 Å². The molecule has 0 N–H and O–H groups in total. The highest BCUT2D eigenvalue weighted by Crippen LogP contribution is 2.40. The van der Waals surface area contributed by atoms with Crippen molar-refractivity contribution in [3.8, 4) is 34.1 Å². The van der Waals surface area contributed by atoms with Gasteiger partial charge in [-0.05, 0) is 41.0 Å². The number of nitrogens with zero attached hydrogens (tertiary/aromatic N) is 1. The molecule has 0 atom stereocenters. The summed E-state index contributed by atoms with van der Waals surface area (Å²) in [4.78, 5) is 2.38. The van der Waals surface area contributed by atoms with Gasteiger partial charge in [-0.3, -0.25) is 4.90 Å². The number of methoxy groups -OCH3 is 3. The van der Waals surface area contributed by atoms with E-state index in [9.17, 15) is 0 Å². The summed E-state index contributed by atoms with van der Waals surface area (Å²) in [6, 6.07) is 20.5. The molecule has 5 nitrogen and oxygen atoms in total. The third-order valence-electron chi connectivity index (χ3n) is 5.59. The molecule has 5 heteroatoms. The molecule has 1 aliphatic rings. The van der Waals surface area contributed by atoms with Gasteiger partial charge < -0.3 is 18.9 Å². The lowest BCUT2D eigenvalue weighted by Crippen LogP contribution is -2.25. The van der Waals surface area contributed by atoms with Crippen LogP contribution in [0.1, 0.15) is 11.1 Å². The predicted molar refractivity (Wildman–Crippen MR) is 128 cm³/mol. The Kier molecular flexibility index (Phi) is 6.97. The van der Waals surface area contributed by atoms with Gasteiger partial charge in [-0.15, -0.1) is 0 Å². The molecule has 3 aromatic rings. The summed E-state index contributed by atoms with van der Waals surface area (Å²) in [6.07, 6.45) is 4.36. The Labute approximate surface area is 189 Å². The van der Waals surface area contributed by atoms with E-state index in [2.05, 4.69) is 47.4 Å². The lowest BCUT2D eigenvalue weighted by molar-refractivity contribution is 0.238. The minimum Gasteiger partial charge on any atom is -0.493 e. The molecule has 0 aromatic heterocycles. The van der Waals surface area contributed by atoms with Crippen LogP contribution in [0.15, 0.2) is 66.7 Å². The zero-order chi connectivity index (χ0) is 22.3. The van der Waals surface area contributed by atoms with Crippen molar-refractivity contribution in [1.82, 2.24) is 4.90 Å². The molecule has 0 aliphatic carbocycles. The molecule has 0 unspecified atom stereocenters. The molecular formula is C27H29NO4. The maximum atomic E-state index is 6.10. The summed E-state index contributed by atoms with van der Waals surface area (Å²) in [7, 11) is 4.97. The van der Waals surface area contributed by atoms with Crippen LogP contribution in [0.25, 0.3) is 17.2 Å². The van der Waals surface area contributed by atoms with Crippen molar-refractivity contribution in [2.75, 3.05) is 41.0 Å². The van der Waals surface area contributed by atoms with Crippen LogP contribution in [-0.2, 0) is 6.54 Å². The van der Waals surface area contributed by atoms with Crippen molar-refractivity contribution in [3.63, 3.8) is 0 Å². The Bertz CT molecular complexity index is 1080. The lowest BCUT2D eigenvalue weighted by Gasteiger charge is -2.18. The van der Waals surface area contributed by atoms with Gasteiger partial charge in [0.15, 0.2) is 23.0 Å². The number of benzene rings is 3. The monoisotopic (exact) mass is 431 g/mol. The fourth-order valence-corrected chi connectivity index (χ4v) is 3.93. The predicted octanol–water partition coefficient (Wildman–Crippen LogP) is 5.29. The summed E-state index contributed by atoms with van der Waals surface area (Å²) in [5.74, 6) is 2.97. The van der Waals surface area contributed by atoms with Crippen LogP contribution in [0.2, 0.25) is 0 Å². The molecule has 3 aromatic carbocycles. The number of fused-ring (bicyclic) bond motifs is 1. The van der Waals surface area contributed by atoms with E-state index in [1.165, 1.54) is 5.56 Å².